The molecule has 0 rings (SSSR count). The van der Waals surface area contributed by atoms with Crippen LogP contribution in [0.1, 0.15) is 39.0 Å². The Balaban J connectivity index is 3.32. The van der Waals surface area contributed by atoms with Crippen molar-refractivity contribution in [1.29, 1.82) is 0 Å². The molecule has 0 fully saturated rings. The second-order valence-corrected chi connectivity index (χ2v) is 6.66. The second-order valence-electron chi connectivity index (χ2n) is 4.40. The van der Waals surface area contributed by atoms with E-state index in [1.165, 1.54) is 6.26 Å². The van der Waals surface area contributed by atoms with Crippen LogP contribution >= 0.6 is 0 Å². The van der Waals surface area contributed by atoms with Gasteiger partial charge in [0.2, 0.25) is 5.91 Å². The summed E-state index contributed by atoms with van der Waals surface area (Å²) in [5, 5.41) is 2.75. The second kappa shape index (κ2) is 10.3. The van der Waals surface area contributed by atoms with Crippen LogP contribution in [0.3, 0.4) is 0 Å². The number of carbonyl (C=O) groups is 1. The van der Waals surface area contributed by atoms with Crippen LogP contribution in [0.4, 0.5) is 0 Å². The first-order chi connectivity index (χ1) is 8.45. The van der Waals surface area contributed by atoms with Gasteiger partial charge in [-0.25, -0.2) is 8.42 Å². The quantitative estimate of drug-likeness (QED) is 0.576. The Kier molecular flexibility index (Phi) is 9.96. The van der Waals surface area contributed by atoms with Crippen molar-refractivity contribution < 1.29 is 17.9 Å². The minimum atomic E-state index is -2.96. The summed E-state index contributed by atoms with van der Waals surface area (Å²) in [5.41, 5.74) is 0. The van der Waals surface area contributed by atoms with Gasteiger partial charge in [-0.15, -0.1) is 0 Å². The van der Waals surface area contributed by atoms with Crippen molar-refractivity contribution in [3.8, 4) is 0 Å². The molecule has 1 N–H and O–H groups in total. The van der Waals surface area contributed by atoms with Crippen molar-refractivity contribution in [3.63, 3.8) is 0 Å². The summed E-state index contributed by atoms with van der Waals surface area (Å²) in [6, 6.07) is 0. The molecule has 0 spiro atoms. The van der Waals surface area contributed by atoms with E-state index in [4.69, 9.17) is 4.74 Å². The van der Waals surface area contributed by atoms with Crippen molar-refractivity contribution in [1.82, 2.24) is 5.32 Å². The molecular formula is C12H25NO4S. The van der Waals surface area contributed by atoms with Crippen molar-refractivity contribution in [2.75, 3.05) is 31.8 Å². The number of unbranched alkanes of at least 4 members (excludes halogenated alkanes) is 1. The molecule has 0 aromatic rings. The molecule has 0 saturated heterocycles. The van der Waals surface area contributed by atoms with Gasteiger partial charge in [0.25, 0.3) is 0 Å². The molecule has 0 atom stereocenters. The lowest BCUT2D eigenvalue weighted by Crippen LogP contribution is -2.25. The van der Waals surface area contributed by atoms with Gasteiger partial charge in [0, 0.05) is 32.4 Å². The topological polar surface area (TPSA) is 72.5 Å². The molecule has 1 amide bonds. The standard InChI is InChI=1S/C12H25NO4S/c1-3-4-9-17-10-6-8-13-12(14)7-5-11-18(2,15)16/h3-11H2,1-2H3,(H,13,14). The fourth-order valence-electron chi connectivity index (χ4n) is 1.33. The Bertz CT molecular complexity index is 314. The fraction of sp³-hybridized carbons (Fsp3) is 0.917. The van der Waals surface area contributed by atoms with Crippen LogP contribution in [0.15, 0.2) is 0 Å². The zero-order valence-corrected chi connectivity index (χ0v) is 12.2. The lowest BCUT2D eigenvalue weighted by atomic mass is 10.3. The van der Waals surface area contributed by atoms with Gasteiger partial charge in [0.15, 0.2) is 0 Å². The lowest BCUT2D eigenvalue weighted by molar-refractivity contribution is -0.121. The molecule has 0 aliphatic rings. The minimum absolute atomic E-state index is 0.0700. The first-order valence-electron chi connectivity index (χ1n) is 6.48. The average Bonchev–Trinajstić information content (AvgIpc) is 2.26. The van der Waals surface area contributed by atoms with Gasteiger partial charge in [-0.1, -0.05) is 13.3 Å². The van der Waals surface area contributed by atoms with E-state index in [1.54, 1.807) is 0 Å². The van der Waals surface area contributed by atoms with Crippen molar-refractivity contribution in [2.24, 2.45) is 0 Å². The first kappa shape index (κ1) is 17.4. The number of hydrogen-bond donors (Lipinski definition) is 1. The van der Waals surface area contributed by atoms with Crippen LogP contribution in [0.25, 0.3) is 0 Å². The lowest BCUT2D eigenvalue weighted by Gasteiger charge is -2.05. The summed E-state index contributed by atoms with van der Waals surface area (Å²) < 4.78 is 27.1. The molecule has 5 nitrogen and oxygen atoms in total. The van der Waals surface area contributed by atoms with Crippen LogP contribution in [0.5, 0.6) is 0 Å². The largest absolute Gasteiger partial charge is 0.381 e. The Hall–Kier alpha value is -0.620. The Morgan fingerprint density at radius 1 is 1.17 bits per heavy atom. The van der Waals surface area contributed by atoms with Crippen LogP contribution < -0.4 is 5.32 Å². The number of nitrogens with one attached hydrogen (secondary N) is 1. The predicted octanol–water partition coefficient (Wildman–Crippen LogP) is 1.13. The summed E-state index contributed by atoms with van der Waals surface area (Å²) >= 11 is 0. The van der Waals surface area contributed by atoms with Gasteiger partial charge in [0.1, 0.15) is 9.84 Å². The Morgan fingerprint density at radius 2 is 1.83 bits per heavy atom. The summed E-state index contributed by atoms with van der Waals surface area (Å²) in [6.07, 6.45) is 4.82. The molecule has 0 aromatic heterocycles. The zero-order chi connectivity index (χ0) is 13.9. The molecule has 0 bridgehead atoms. The van der Waals surface area contributed by atoms with E-state index in [-0.39, 0.29) is 18.1 Å². The molecular weight excluding hydrogens is 254 g/mol. The third-order valence-electron chi connectivity index (χ3n) is 2.35. The van der Waals surface area contributed by atoms with Crippen LogP contribution in [0, 0.1) is 0 Å². The number of amides is 1. The normalized spacial score (nSPS) is 11.4. The van der Waals surface area contributed by atoms with Crippen LogP contribution in [0.2, 0.25) is 0 Å². The van der Waals surface area contributed by atoms with Crippen molar-refractivity contribution in [3.05, 3.63) is 0 Å². The highest BCUT2D eigenvalue weighted by Crippen LogP contribution is 1.94. The molecule has 108 valence electrons. The van der Waals surface area contributed by atoms with E-state index in [2.05, 4.69) is 12.2 Å². The third-order valence-corrected chi connectivity index (χ3v) is 3.38. The molecule has 0 aliphatic heterocycles. The highest BCUT2D eigenvalue weighted by Gasteiger charge is 2.05. The number of hydrogen-bond acceptors (Lipinski definition) is 4. The Labute approximate surface area is 110 Å². The highest BCUT2D eigenvalue weighted by atomic mass is 32.2. The van der Waals surface area contributed by atoms with Gasteiger partial charge >= 0.3 is 0 Å². The number of rotatable bonds is 11. The van der Waals surface area contributed by atoms with Gasteiger partial charge < -0.3 is 10.1 Å². The molecule has 0 aliphatic carbocycles. The zero-order valence-electron chi connectivity index (χ0n) is 11.4. The van der Waals surface area contributed by atoms with Crippen molar-refractivity contribution in [2.45, 2.75) is 39.0 Å². The summed E-state index contributed by atoms with van der Waals surface area (Å²) in [7, 11) is -2.96. The first-order valence-corrected chi connectivity index (χ1v) is 8.54. The SMILES string of the molecule is CCCCOCCCNC(=O)CCCS(C)(=O)=O. The van der Waals surface area contributed by atoms with Crippen LogP contribution in [-0.2, 0) is 19.4 Å². The van der Waals surface area contributed by atoms with Gasteiger partial charge in [-0.2, -0.15) is 0 Å². The number of ether oxygens (including phenoxy) is 1. The Morgan fingerprint density at radius 3 is 2.44 bits per heavy atom. The van der Waals surface area contributed by atoms with E-state index in [0.29, 0.717) is 19.6 Å². The molecule has 0 aromatic carbocycles. The number of sulfone groups is 1. The smallest absolute Gasteiger partial charge is 0.220 e. The molecule has 6 heteroatoms. The summed E-state index contributed by atoms with van der Waals surface area (Å²) in [5.74, 6) is -0.0206. The minimum Gasteiger partial charge on any atom is -0.381 e. The van der Waals surface area contributed by atoms with Gasteiger partial charge in [-0.3, -0.25) is 4.79 Å². The van der Waals surface area contributed by atoms with Gasteiger partial charge in [-0.05, 0) is 19.3 Å². The summed E-state index contributed by atoms with van der Waals surface area (Å²) in [6.45, 7) is 4.13. The van der Waals surface area contributed by atoms with Gasteiger partial charge in [0.05, 0.1) is 5.75 Å². The molecule has 0 unspecified atom stereocenters. The van der Waals surface area contributed by atoms with E-state index in [9.17, 15) is 13.2 Å². The van der Waals surface area contributed by atoms with E-state index >= 15 is 0 Å². The highest BCUT2D eigenvalue weighted by molar-refractivity contribution is 7.90. The monoisotopic (exact) mass is 279 g/mol. The maximum Gasteiger partial charge on any atom is 0.220 e. The fourth-order valence-corrected chi connectivity index (χ4v) is 2.00. The predicted molar refractivity (Wildman–Crippen MR) is 72.3 cm³/mol. The van der Waals surface area contributed by atoms with Crippen molar-refractivity contribution >= 4 is 15.7 Å². The number of carbonyl (C=O) groups excluding carboxylic acids is 1. The molecule has 18 heavy (non-hydrogen) atoms. The maximum atomic E-state index is 11.3. The molecule has 0 saturated carbocycles. The maximum absolute atomic E-state index is 11.3. The van der Waals surface area contributed by atoms with E-state index in [0.717, 1.165) is 25.9 Å². The average molecular weight is 279 g/mol. The van der Waals surface area contributed by atoms with E-state index < -0.39 is 9.84 Å². The molecule has 0 radical (unpaired) electrons. The molecule has 0 heterocycles. The third kappa shape index (κ3) is 13.4. The summed E-state index contributed by atoms with van der Waals surface area (Å²) in [4.78, 5) is 11.3. The van der Waals surface area contributed by atoms with E-state index in [1.807, 2.05) is 0 Å². The van der Waals surface area contributed by atoms with Crippen LogP contribution in [-0.4, -0.2) is 46.1 Å².